The normalized spacial score (nSPS) is 17.5. The van der Waals surface area contributed by atoms with Crippen molar-refractivity contribution in [3.63, 3.8) is 0 Å². The lowest BCUT2D eigenvalue weighted by Crippen LogP contribution is -2.56. The number of nitrogens with one attached hydrogen (secondary N) is 3. The third-order valence-electron chi connectivity index (χ3n) is 7.97. The molecule has 0 unspecified atom stereocenters. The minimum absolute atomic E-state index is 0.138. The van der Waals surface area contributed by atoms with Crippen LogP contribution in [0, 0.1) is 11.8 Å². The molecular formula is C33H54N4O6. The fourth-order valence-corrected chi connectivity index (χ4v) is 5.52. The first kappa shape index (κ1) is 36.1. The van der Waals surface area contributed by atoms with Gasteiger partial charge in [0.15, 0.2) is 0 Å². The Morgan fingerprint density at radius 2 is 1.56 bits per heavy atom. The highest BCUT2D eigenvalue weighted by Gasteiger charge is 2.32. The molecule has 43 heavy (non-hydrogen) atoms. The maximum absolute atomic E-state index is 13.6. The van der Waals surface area contributed by atoms with Gasteiger partial charge in [0.05, 0.1) is 12.1 Å². The second kappa shape index (κ2) is 17.9. The van der Waals surface area contributed by atoms with Crippen molar-refractivity contribution in [2.75, 3.05) is 0 Å². The first-order valence-corrected chi connectivity index (χ1v) is 15.9. The zero-order chi connectivity index (χ0) is 32.0. The number of alkyl carbamates (subject to hydrolysis) is 1. The van der Waals surface area contributed by atoms with Crippen LogP contribution in [0.5, 0.6) is 0 Å². The summed E-state index contributed by atoms with van der Waals surface area (Å²) in [4.78, 5) is 51.5. The van der Waals surface area contributed by atoms with Crippen LogP contribution in [0.2, 0.25) is 0 Å². The molecule has 1 aliphatic rings. The number of hydrogen-bond acceptors (Lipinski definition) is 6. The van der Waals surface area contributed by atoms with E-state index in [1.165, 1.54) is 6.42 Å². The Kier molecular flexibility index (Phi) is 15.0. The Balaban J connectivity index is 2.18. The predicted molar refractivity (Wildman–Crippen MR) is 167 cm³/mol. The van der Waals surface area contributed by atoms with Crippen molar-refractivity contribution >= 4 is 23.8 Å². The Bertz CT molecular complexity index is 1020. The number of carbonyl (C=O) groups is 4. The molecule has 6 N–H and O–H groups in total. The van der Waals surface area contributed by atoms with Crippen LogP contribution in [-0.2, 0) is 25.5 Å². The summed E-state index contributed by atoms with van der Waals surface area (Å²) < 4.78 is 5.40. The lowest BCUT2D eigenvalue weighted by atomic mass is 9.82. The lowest BCUT2D eigenvalue weighted by molar-refractivity contribution is -0.131. The summed E-state index contributed by atoms with van der Waals surface area (Å²) >= 11 is 0. The van der Waals surface area contributed by atoms with Gasteiger partial charge in [0, 0.05) is 5.92 Å². The second-order valence-electron chi connectivity index (χ2n) is 13.0. The number of aryl methyl sites for hydroxylation is 1. The van der Waals surface area contributed by atoms with Gasteiger partial charge < -0.3 is 31.5 Å². The van der Waals surface area contributed by atoms with Crippen LogP contribution in [0.1, 0.15) is 104 Å². The van der Waals surface area contributed by atoms with Crippen molar-refractivity contribution in [3.05, 3.63) is 35.9 Å². The molecule has 10 heteroatoms. The number of ether oxygens (including phenoxy) is 1. The summed E-state index contributed by atoms with van der Waals surface area (Å²) in [6.07, 6.45) is 6.36. The van der Waals surface area contributed by atoms with Crippen LogP contribution >= 0.6 is 0 Å². The van der Waals surface area contributed by atoms with E-state index in [1.54, 1.807) is 27.7 Å². The van der Waals surface area contributed by atoms with Crippen molar-refractivity contribution in [3.8, 4) is 0 Å². The van der Waals surface area contributed by atoms with Crippen LogP contribution in [0.4, 0.5) is 4.79 Å². The van der Waals surface area contributed by atoms with E-state index >= 15 is 0 Å². The number of aliphatic hydroxyl groups excluding tert-OH is 1. The largest absolute Gasteiger partial charge is 0.444 e. The number of benzene rings is 1. The third kappa shape index (κ3) is 13.8. The van der Waals surface area contributed by atoms with Crippen molar-refractivity contribution in [2.24, 2.45) is 17.6 Å². The Morgan fingerprint density at radius 1 is 0.953 bits per heavy atom. The molecule has 0 heterocycles. The van der Waals surface area contributed by atoms with Gasteiger partial charge >= 0.3 is 6.09 Å². The predicted octanol–water partition coefficient (Wildman–Crippen LogP) is 4.13. The molecule has 0 bridgehead atoms. The second-order valence-corrected chi connectivity index (χ2v) is 13.0. The molecule has 10 nitrogen and oxygen atoms in total. The van der Waals surface area contributed by atoms with Crippen molar-refractivity contribution in [1.29, 1.82) is 0 Å². The summed E-state index contributed by atoms with van der Waals surface area (Å²) in [6.45, 7) is 8.82. The van der Waals surface area contributed by atoms with Gasteiger partial charge in [0.25, 0.3) is 0 Å². The Hall–Kier alpha value is -3.14. The Morgan fingerprint density at radius 3 is 2.14 bits per heavy atom. The van der Waals surface area contributed by atoms with E-state index < -0.39 is 59.6 Å². The number of rotatable bonds is 16. The van der Waals surface area contributed by atoms with Gasteiger partial charge in [-0.15, -0.1) is 0 Å². The number of primary amides is 1. The molecule has 242 valence electrons. The van der Waals surface area contributed by atoms with E-state index in [9.17, 15) is 24.3 Å². The quantitative estimate of drug-likeness (QED) is 0.191. The van der Waals surface area contributed by atoms with E-state index in [0.717, 1.165) is 31.2 Å². The van der Waals surface area contributed by atoms with Gasteiger partial charge in [-0.1, -0.05) is 82.7 Å². The highest BCUT2D eigenvalue weighted by molar-refractivity contribution is 5.91. The number of hydrogen-bond donors (Lipinski definition) is 5. The van der Waals surface area contributed by atoms with Crippen LogP contribution in [-0.4, -0.2) is 58.8 Å². The van der Waals surface area contributed by atoms with Gasteiger partial charge in [-0.3, -0.25) is 14.4 Å². The minimum Gasteiger partial charge on any atom is -0.444 e. The average Bonchev–Trinajstić information content (AvgIpc) is 2.94. The van der Waals surface area contributed by atoms with Crippen LogP contribution in [0.25, 0.3) is 0 Å². The molecule has 1 fully saturated rings. The molecule has 1 aliphatic carbocycles. The molecule has 0 aliphatic heterocycles. The topological polar surface area (TPSA) is 160 Å². The maximum Gasteiger partial charge on any atom is 0.408 e. The summed E-state index contributed by atoms with van der Waals surface area (Å²) in [5.74, 6) is -1.58. The summed E-state index contributed by atoms with van der Waals surface area (Å²) in [5, 5.41) is 19.6. The molecule has 0 spiro atoms. The standard InChI is InChI=1S/C33H54N4O6/c1-6-13-25(30(40)36-27(21-24-16-11-8-12-17-24)28(38)20-22(2)29(34)39)35-31(41)26(37-32(42)43-33(3,4)5)19-18-23-14-9-7-10-15-23/h7,9-10,14-15,22,24-28,38H,6,8,11-13,16-21H2,1-5H3,(H2,34,39)(H,35,41)(H,36,40)(H,37,42)/t22-,25+,26+,27+,28+/m1/s1. The van der Waals surface area contributed by atoms with Crippen LogP contribution in [0.3, 0.4) is 0 Å². The zero-order valence-corrected chi connectivity index (χ0v) is 26.7. The van der Waals surface area contributed by atoms with Gasteiger partial charge in [-0.25, -0.2) is 4.79 Å². The SMILES string of the molecule is CCC[C@H](NC(=O)[C@H](CCc1ccccc1)NC(=O)OC(C)(C)C)C(=O)N[C@@H](CC1CCCCC1)[C@@H](O)C[C@@H](C)C(N)=O. The molecule has 1 saturated carbocycles. The molecular weight excluding hydrogens is 548 g/mol. The Labute approximate surface area is 257 Å². The van der Waals surface area contributed by atoms with E-state index in [2.05, 4.69) is 16.0 Å². The molecule has 0 saturated heterocycles. The minimum atomic E-state index is -0.959. The smallest absolute Gasteiger partial charge is 0.408 e. The van der Waals surface area contributed by atoms with Gasteiger partial charge in [-0.05, 0) is 64.4 Å². The average molecular weight is 603 g/mol. The van der Waals surface area contributed by atoms with Gasteiger partial charge in [-0.2, -0.15) is 0 Å². The van der Waals surface area contributed by atoms with E-state index in [-0.39, 0.29) is 6.42 Å². The summed E-state index contributed by atoms with van der Waals surface area (Å²) in [5.41, 5.74) is 5.72. The highest BCUT2D eigenvalue weighted by atomic mass is 16.6. The monoisotopic (exact) mass is 602 g/mol. The fourth-order valence-electron chi connectivity index (χ4n) is 5.52. The van der Waals surface area contributed by atoms with E-state index in [1.807, 2.05) is 37.3 Å². The fraction of sp³-hybridized carbons (Fsp3) is 0.697. The van der Waals surface area contributed by atoms with Crippen molar-refractivity contribution in [1.82, 2.24) is 16.0 Å². The molecule has 1 aromatic rings. The molecule has 0 aromatic heterocycles. The van der Waals surface area contributed by atoms with Gasteiger partial charge in [0.1, 0.15) is 17.7 Å². The molecule has 2 rings (SSSR count). The first-order valence-electron chi connectivity index (χ1n) is 15.9. The number of amides is 4. The number of aliphatic hydroxyl groups is 1. The molecule has 5 atom stereocenters. The zero-order valence-electron chi connectivity index (χ0n) is 26.7. The van der Waals surface area contributed by atoms with E-state index in [0.29, 0.717) is 38.0 Å². The molecule has 4 amide bonds. The number of carbonyl (C=O) groups excluding carboxylic acids is 4. The first-order chi connectivity index (χ1) is 20.3. The number of nitrogens with two attached hydrogens (primary N) is 1. The van der Waals surface area contributed by atoms with Gasteiger partial charge in [0.2, 0.25) is 17.7 Å². The van der Waals surface area contributed by atoms with Crippen LogP contribution in [0.15, 0.2) is 30.3 Å². The van der Waals surface area contributed by atoms with Crippen LogP contribution < -0.4 is 21.7 Å². The molecule has 0 radical (unpaired) electrons. The third-order valence-corrected chi connectivity index (χ3v) is 7.97. The summed E-state index contributed by atoms with van der Waals surface area (Å²) in [6, 6.07) is 7.26. The molecule has 1 aromatic carbocycles. The van der Waals surface area contributed by atoms with E-state index in [4.69, 9.17) is 10.5 Å². The summed E-state index contributed by atoms with van der Waals surface area (Å²) in [7, 11) is 0. The lowest BCUT2D eigenvalue weighted by Gasteiger charge is -2.32. The maximum atomic E-state index is 13.6. The van der Waals surface area contributed by atoms with Crippen molar-refractivity contribution < 1.29 is 29.0 Å². The highest BCUT2D eigenvalue weighted by Crippen LogP contribution is 2.29. The van der Waals surface area contributed by atoms with Crippen molar-refractivity contribution in [2.45, 2.75) is 135 Å².